The average Bonchev–Trinajstić information content (AvgIpc) is 3.02. The lowest BCUT2D eigenvalue weighted by Gasteiger charge is -2.25. The number of thioether (sulfide) groups is 1. The molecule has 0 radical (unpaired) electrons. The van der Waals surface area contributed by atoms with Gasteiger partial charge in [-0.1, -0.05) is 36.0 Å². The first-order valence-electron chi connectivity index (χ1n) is 7.07. The van der Waals surface area contributed by atoms with E-state index >= 15 is 0 Å². The molecule has 0 unspecified atom stereocenters. The van der Waals surface area contributed by atoms with E-state index in [9.17, 15) is 4.79 Å². The second kappa shape index (κ2) is 5.58. The smallest absolute Gasteiger partial charge is 0.262 e. The Bertz CT molecular complexity index is 873. The number of nitrogens with one attached hydrogen (secondary N) is 2. The van der Waals surface area contributed by atoms with Gasteiger partial charge in [-0.25, -0.2) is 4.98 Å². The number of hydrogen-bond donors (Lipinski definition) is 2. The van der Waals surface area contributed by atoms with Crippen LogP contribution in [-0.2, 0) is 11.2 Å². The normalized spacial score (nSPS) is 17.5. The molecule has 1 aliphatic rings. The van der Waals surface area contributed by atoms with Gasteiger partial charge in [-0.3, -0.25) is 9.89 Å². The van der Waals surface area contributed by atoms with E-state index in [0.717, 1.165) is 13.0 Å². The van der Waals surface area contributed by atoms with Gasteiger partial charge in [0.15, 0.2) is 10.8 Å². The molecular formula is C15H14N4O2S. The van der Waals surface area contributed by atoms with Crippen molar-refractivity contribution in [2.24, 2.45) is 0 Å². The van der Waals surface area contributed by atoms with E-state index in [-0.39, 0.29) is 11.7 Å². The predicted molar refractivity (Wildman–Crippen MR) is 84.1 cm³/mol. The van der Waals surface area contributed by atoms with Crippen LogP contribution >= 0.6 is 11.8 Å². The molecule has 22 heavy (non-hydrogen) atoms. The summed E-state index contributed by atoms with van der Waals surface area (Å²) < 4.78 is 5.87. The molecule has 0 fully saturated rings. The minimum Gasteiger partial charge on any atom is -0.372 e. The summed E-state index contributed by atoms with van der Waals surface area (Å²) in [6.07, 6.45) is 2.46. The molecule has 6 nitrogen and oxygen atoms in total. The monoisotopic (exact) mass is 314 g/mol. The standard InChI is InChI=1S/C15H14N4O2S/c20-14-11-7-16-19-13(11)17-15(18-14)22-8-12-10-4-2-1-3-9(10)5-6-21-12/h1-4,7,12H,5-6,8H2,(H2,16,17,18,19,20)/t12-/m1/s1. The Morgan fingerprint density at radius 2 is 2.27 bits per heavy atom. The Balaban J connectivity index is 1.56. The van der Waals surface area contributed by atoms with Crippen molar-refractivity contribution in [2.45, 2.75) is 17.7 Å². The largest absolute Gasteiger partial charge is 0.372 e. The van der Waals surface area contributed by atoms with Gasteiger partial charge in [-0.15, -0.1) is 0 Å². The van der Waals surface area contributed by atoms with Crippen LogP contribution in [0.5, 0.6) is 0 Å². The number of ether oxygens (including phenoxy) is 1. The molecule has 0 aliphatic carbocycles. The maximum Gasteiger partial charge on any atom is 0.262 e. The molecule has 0 saturated heterocycles. The summed E-state index contributed by atoms with van der Waals surface area (Å²) in [5.41, 5.74) is 2.90. The summed E-state index contributed by atoms with van der Waals surface area (Å²) in [4.78, 5) is 19.1. The maximum atomic E-state index is 11.9. The summed E-state index contributed by atoms with van der Waals surface area (Å²) >= 11 is 1.48. The molecular weight excluding hydrogens is 300 g/mol. The predicted octanol–water partition coefficient (Wildman–Crippen LogP) is 2.05. The highest BCUT2D eigenvalue weighted by molar-refractivity contribution is 7.99. The lowest BCUT2D eigenvalue weighted by Crippen LogP contribution is -2.18. The highest BCUT2D eigenvalue weighted by Crippen LogP contribution is 2.31. The highest BCUT2D eigenvalue weighted by atomic mass is 32.2. The number of hydrogen-bond acceptors (Lipinski definition) is 5. The van der Waals surface area contributed by atoms with Crippen LogP contribution < -0.4 is 5.56 Å². The van der Waals surface area contributed by atoms with Crippen LogP contribution in [0.25, 0.3) is 11.0 Å². The number of fused-ring (bicyclic) bond motifs is 2. The van der Waals surface area contributed by atoms with Crippen LogP contribution in [0.3, 0.4) is 0 Å². The van der Waals surface area contributed by atoms with Gasteiger partial charge < -0.3 is 9.72 Å². The van der Waals surface area contributed by atoms with Gasteiger partial charge in [0.05, 0.1) is 18.9 Å². The van der Waals surface area contributed by atoms with Crippen LogP contribution in [0.15, 0.2) is 40.4 Å². The minimum atomic E-state index is -0.175. The zero-order valence-electron chi connectivity index (χ0n) is 11.7. The average molecular weight is 314 g/mol. The number of H-pyrrole nitrogens is 2. The lowest BCUT2D eigenvalue weighted by molar-refractivity contribution is 0.0587. The summed E-state index contributed by atoms with van der Waals surface area (Å²) in [5, 5.41) is 7.62. The number of aromatic amines is 2. The first-order chi connectivity index (χ1) is 10.8. The van der Waals surface area contributed by atoms with E-state index in [4.69, 9.17) is 4.74 Å². The van der Waals surface area contributed by atoms with Crippen LogP contribution in [0.1, 0.15) is 17.2 Å². The van der Waals surface area contributed by atoms with Gasteiger partial charge in [-0.2, -0.15) is 5.10 Å². The second-order valence-corrected chi connectivity index (χ2v) is 6.13. The van der Waals surface area contributed by atoms with Crippen LogP contribution in [-0.4, -0.2) is 32.5 Å². The van der Waals surface area contributed by atoms with Crippen molar-refractivity contribution >= 4 is 22.8 Å². The van der Waals surface area contributed by atoms with E-state index in [1.165, 1.54) is 29.1 Å². The zero-order valence-corrected chi connectivity index (χ0v) is 12.5. The SMILES string of the molecule is O=c1[nH]c(SC[C@H]2OCCc3ccccc32)nc2[nH]ncc12. The van der Waals surface area contributed by atoms with E-state index in [2.05, 4.69) is 38.4 Å². The van der Waals surface area contributed by atoms with Crippen molar-refractivity contribution in [2.75, 3.05) is 12.4 Å². The molecule has 4 rings (SSSR count). The quantitative estimate of drug-likeness (QED) is 0.571. The van der Waals surface area contributed by atoms with E-state index in [0.29, 0.717) is 21.9 Å². The Morgan fingerprint density at radius 3 is 3.23 bits per heavy atom. The van der Waals surface area contributed by atoms with Gasteiger partial charge in [0, 0.05) is 5.75 Å². The maximum absolute atomic E-state index is 11.9. The third kappa shape index (κ3) is 2.42. The van der Waals surface area contributed by atoms with Crippen molar-refractivity contribution < 1.29 is 4.74 Å². The topological polar surface area (TPSA) is 83.7 Å². The molecule has 7 heteroatoms. The number of nitrogens with zero attached hydrogens (tertiary/aromatic N) is 2. The van der Waals surface area contributed by atoms with Crippen molar-refractivity contribution in [3.05, 3.63) is 51.9 Å². The molecule has 0 saturated carbocycles. The fourth-order valence-corrected chi connectivity index (χ4v) is 3.57. The van der Waals surface area contributed by atoms with E-state index in [1.807, 2.05) is 6.07 Å². The first kappa shape index (κ1) is 13.5. The Kier molecular flexibility index (Phi) is 3.44. The molecule has 0 amide bonds. The highest BCUT2D eigenvalue weighted by Gasteiger charge is 2.21. The van der Waals surface area contributed by atoms with Crippen molar-refractivity contribution in [1.29, 1.82) is 0 Å². The van der Waals surface area contributed by atoms with E-state index < -0.39 is 0 Å². The molecule has 1 atom stereocenters. The third-order valence-electron chi connectivity index (χ3n) is 3.76. The van der Waals surface area contributed by atoms with Crippen molar-refractivity contribution in [3.8, 4) is 0 Å². The van der Waals surface area contributed by atoms with Crippen LogP contribution in [0.4, 0.5) is 0 Å². The lowest BCUT2D eigenvalue weighted by atomic mass is 9.99. The molecule has 3 heterocycles. The number of rotatable bonds is 3. The van der Waals surface area contributed by atoms with Crippen LogP contribution in [0.2, 0.25) is 0 Å². The van der Waals surface area contributed by atoms with E-state index in [1.54, 1.807) is 0 Å². The Labute approximate surface area is 130 Å². The van der Waals surface area contributed by atoms with Crippen molar-refractivity contribution in [3.63, 3.8) is 0 Å². The van der Waals surface area contributed by atoms with Crippen LogP contribution in [0, 0.1) is 0 Å². The Hall–Kier alpha value is -2.12. The molecule has 2 N–H and O–H groups in total. The summed E-state index contributed by atoms with van der Waals surface area (Å²) in [6, 6.07) is 8.34. The third-order valence-corrected chi connectivity index (χ3v) is 4.70. The van der Waals surface area contributed by atoms with Crippen molar-refractivity contribution in [1.82, 2.24) is 20.2 Å². The minimum absolute atomic E-state index is 0.0257. The summed E-state index contributed by atoms with van der Waals surface area (Å²) in [5.74, 6) is 0.708. The molecule has 1 aromatic carbocycles. The molecule has 0 spiro atoms. The van der Waals surface area contributed by atoms with Gasteiger partial charge >= 0.3 is 0 Å². The van der Waals surface area contributed by atoms with Gasteiger partial charge in [0.25, 0.3) is 5.56 Å². The molecule has 1 aliphatic heterocycles. The Morgan fingerprint density at radius 1 is 1.36 bits per heavy atom. The number of aromatic nitrogens is 4. The van der Waals surface area contributed by atoms with Gasteiger partial charge in [0.2, 0.25) is 0 Å². The zero-order chi connectivity index (χ0) is 14.9. The summed E-state index contributed by atoms with van der Waals surface area (Å²) in [7, 11) is 0. The van der Waals surface area contributed by atoms with Gasteiger partial charge in [-0.05, 0) is 17.5 Å². The van der Waals surface area contributed by atoms with Gasteiger partial charge in [0.1, 0.15) is 5.39 Å². The molecule has 0 bridgehead atoms. The molecule has 112 valence electrons. The fraction of sp³-hybridized carbons (Fsp3) is 0.267. The fourth-order valence-electron chi connectivity index (χ4n) is 2.66. The first-order valence-corrected chi connectivity index (χ1v) is 8.05. The molecule has 2 aromatic heterocycles. The number of benzene rings is 1. The summed E-state index contributed by atoms with van der Waals surface area (Å²) in [6.45, 7) is 0.728. The second-order valence-electron chi connectivity index (χ2n) is 5.12. The molecule has 3 aromatic rings.